The Morgan fingerprint density at radius 2 is 1.56 bits per heavy atom. The highest BCUT2D eigenvalue weighted by Gasteiger charge is 2.23. The molecule has 0 N–H and O–H groups in total. The summed E-state index contributed by atoms with van der Waals surface area (Å²) in [6.45, 7) is 3.95. The Morgan fingerprint density at radius 3 is 2.26 bits per heavy atom. The number of hydrogen-bond acceptors (Lipinski definition) is 4. The molecule has 1 aliphatic rings. The minimum atomic E-state index is 0.659. The Kier molecular flexibility index (Phi) is 4.68. The van der Waals surface area contributed by atoms with Crippen LogP contribution < -0.4 is 0 Å². The second-order valence-electron chi connectivity index (χ2n) is 7.18. The Morgan fingerprint density at radius 1 is 0.889 bits per heavy atom. The van der Waals surface area contributed by atoms with Gasteiger partial charge in [-0.2, -0.15) is 5.26 Å². The molecule has 0 bridgehead atoms. The van der Waals surface area contributed by atoms with Crippen LogP contribution in [0.25, 0.3) is 22.4 Å². The zero-order valence-electron chi connectivity index (χ0n) is 15.8. The van der Waals surface area contributed by atoms with Crippen LogP contribution in [0.1, 0.15) is 47.5 Å². The van der Waals surface area contributed by atoms with E-state index in [4.69, 9.17) is 4.98 Å². The van der Waals surface area contributed by atoms with Gasteiger partial charge in [0.15, 0.2) is 0 Å². The third kappa shape index (κ3) is 3.33. The summed E-state index contributed by atoms with van der Waals surface area (Å²) in [4.78, 5) is 13.6. The number of pyridine rings is 3. The predicted molar refractivity (Wildman–Crippen MR) is 106 cm³/mol. The molecule has 134 valence electrons. The number of rotatable bonds is 2. The third-order valence-electron chi connectivity index (χ3n) is 5.19. The molecule has 3 aromatic rings. The lowest BCUT2D eigenvalue weighted by Crippen LogP contribution is -2.05. The molecule has 3 aromatic heterocycles. The van der Waals surface area contributed by atoms with Crippen LogP contribution in [0.2, 0.25) is 0 Å². The number of hydrogen-bond donors (Lipinski definition) is 0. The van der Waals surface area contributed by atoms with Crippen molar-refractivity contribution in [3.05, 3.63) is 64.9 Å². The summed E-state index contributed by atoms with van der Waals surface area (Å²) in [5.74, 6) is 0. The first-order chi connectivity index (χ1) is 13.2. The maximum Gasteiger partial charge on any atom is 0.102 e. The van der Waals surface area contributed by atoms with Crippen LogP contribution >= 0.6 is 0 Å². The van der Waals surface area contributed by atoms with E-state index in [1.54, 1.807) is 6.20 Å². The molecule has 0 saturated heterocycles. The van der Waals surface area contributed by atoms with Crippen molar-refractivity contribution >= 4 is 0 Å². The van der Waals surface area contributed by atoms with Crippen molar-refractivity contribution in [2.45, 2.75) is 46.0 Å². The monoisotopic (exact) mass is 354 g/mol. The first-order valence-corrected chi connectivity index (χ1v) is 9.49. The zero-order chi connectivity index (χ0) is 18.8. The van der Waals surface area contributed by atoms with Crippen molar-refractivity contribution in [2.24, 2.45) is 0 Å². The largest absolute Gasteiger partial charge is 0.262 e. The molecule has 1 aliphatic carbocycles. The molecule has 0 saturated carbocycles. The fourth-order valence-electron chi connectivity index (χ4n) is 3.95. The number of nitrogens with zero attached hydrogens (tertiary/aromatic N) is 4. The van der Waals surface area contributed by atoms with Crippen molar-refractivity contribution in [2.75, 3.05) is 0 Å². The van der Waals surface area contributed by atoms with E-state index in [-0.39, 0.29) is 0 Å². The Balaban J connectivity index is 2.06. The van der Waals surface area contributed by atoms with E-state index in [1.807, 2.05) is 38.2 Å². The van der Waals surface area contributed by atoms with Gasteiger partial charge in [-0.25, -0.2) is 0 Å². The van der Waals surface area contributed by atoms with Crippen LogP contribution in [0.3, 0.4) is 0 Å². The molecular weight excluding hydrogens is 332 g/mol. The quantitative estimate of drug-likeness (QED) is 0.610. The molecule has 0 aliphatic heterocycles. The van der Waals surface area contributed by atoms with Gasteiger partial charge in [0.1, 0.15) is 6.07 Å². The Hall–Kier alpha value is -3.06. The van der Waals surface area contributed by atoms with Gasteiger partial charge in [0, 0.05) is 40.6 Å². The van der Waals surface area contributed by atoms with Crippen LogP contribution in [-0.4, -0.2) is 15.0 Å². The van der Waals surface area contributed by atoms with Crippen LogP contribution in [0.15, 0.2) is 36.7 Å². The zero-order valence-corrected chi connectivity index (χ0v) is 15.8. The first-order valence-electron chi connectivity index (χ1n) is 9.49. The summed E-state index contributed by atoms with van der Waals surface area (Å²) in [5, 5.41) is 10.1. The lowest BCUT2D eigenvalue weighted by atomic mass is 9.89. The molecule has 4 heteroatoms. The van der Waals surface area contributed by atoms with Gasteiger partial charge in [-0.05, 0) is 74.9 Å². The molecule has 0 spiro atoms. The highest BCUT2D eigenvalue weighted by Crippen LogP contribution is 2.37. The number of nitriles is 1. The van der Waals surface area contributed by atoms with Crippen molar-refractivity contribution < 1.29 is 0 Å². The Labute approximate surface area is 160 Å². The van der Waals surface area contributed by atoms with Crippen molar-refractivity contribution in [1.29, 1.82) is 5.26 Å². The van der Waals surface area contributed by atoms with Gasteiger partial charge in [0.2, 0.25) is 0 Å². The molecule has 0 aromatic carbocycles. The van der Waals surface area contributed by atoms with Crippen LogP contribution in [0, 0.1) is 25.2 Å². The summed E-state index contributed by atoms with van der Waals surface area (Å²) in [6, 6.07) is 10.5. The number of aryl methyl sites for hydroxylation is 3. The molecule has 0 unspecified atom stereocenters. The lowest BCUT2D eigenvalue weighted by Gasteiger charge is -2.18. The van der Waals surface area contributed by atoms with Gasteiger partial charge in [0.25, 0.3) is 0 Å². The molecule has 27 heavy (non-hydrogen) atoms. The maximum absolute atomic E-state index is 10.1. The Bertz CT molecular complexity index is 1050. The van der Waals surface area contributed by atoms with Gasteiger partial charge < -0.3 is 0 Å². The van der Waals surface area contributed by atoms with Gasteiger partial charge in [0.05, 0.1) is 11.3 Å². The molecule has 4 nitrogen and oxygen atoms in total. The summed E-state index contributed by atoms with van der Waals surface area (Å²) in [7, 11) is 0. The van der Waals surface area contributed by atoms with E-state index in [1.165, 1.54) is 12.0 Å². The normalized spacial score (nSPS) is 13.5. The van der Waals surface area contributed by atoms with Crippen molar-refractivity contribution in [3.8, 4) is 28.5 Å². The predicted octanol–water partition coefficient (Wildman–Crippen LogP) is 4.96. The van der Waals surface area contributed by atoms with E-state index < -0.39 is 0 Å². The SMILES string of the molecule is Cc1cc(-c2nc3c(c(-c4ccnc(C)c4)c2C#N)CCCCC3)ccn1. The summed E-state index contributed by atoms with van der Waals surface area (Å²) >= 11 is 0. The average molecular weight is 354 g/mol. The molecule has 0 atom stereocenters. The molecule has 4 rings (SSSR count). The van der Waals surface area contributed by atoms with Crippen LogP contribution in [0.4, 0.5) is 0 Å². The summed E-state index contributed by atoms with van der Waals surface area (Å²) < 4.78 is 0. The van der Waals surface area contributed by atoms with Crippen LogP contribution in [0.5, 0.6) is 0 Å². The maximum atomic E-state index is 10.1. The van der Waals surface area contributed by atoms with E-state index >= 15 is 0 Å². The fourth-order valence-corrected chi connectivity index (χ4v) is 3.95. The second kappa shape index (κ2) is 7.28. The fraction of sp³-hybridized carbons (Fsp3) is 0.304. The van der Waals surface area contributed by atoms with Gasteiger partial charge >= 0.3 is 0 Å². The molecule has 0 fully saturated rings. The number of aromatic nitrogens is 3. The van der Waals surface area contributed by atoms with Crippen LogP contribution in [-0.2, 0) is 12.8 Å². The van der Waals surface area contributed by atoms with E-state index in [9.17, 15) is 5.26 Å². The molecule has 0 radical (unpaired) electrons. The summed E-state index contributed by atoms with van der Waals surface area (Å²) in [5.41, 5.74) is 8.75. The van der Waals surface area contributed by atoms with Gasteiger partial charge in [-0.3, -0.25) is 15.0 Å². The topological polar surface area (TPSA) is 62.5 Å². The second-order valence-corrected chi connectivity index (χ2v) is 7.18. The van der Waals surface area contributed by atoms with Gasteiger partial charge in [-0.1, -0.05) is 6.42 Å². The smallest absolute Gasteiger partial charge is 0.102 e. The minimum Gasteiger partial charge on any atom is -0.262 e. The highest BCUT2D eigenvalue weighted by molar-refractivity contribution is 5.82. The van der Waals surface area contributed by atoms with Crippen molar-refractivity contribution in [3.63, 3.8) is 0 Å². The molecular formula is C23H22N4. The van der Waals surface area contributed by atoms with E-state index in [0.717, 1.165) is 65.1 Å². The molecule has 3 heterocycles. The standard InChI is InChI=1S/C23H22N4/c1-15-12-17(8-10-25-15)22-19-6-4-3-5-7-21(19)27-23(20(22)14-24)18-9-11-26-16(2)13-18/h8-13H,3-7H2,1-2H3. The lowest BCUT2D eigenvalue weighted by molar-refractivity contribution is 0.709. The van der Waals surface area contributed by atoms with Gasteiger partial charge in [-0.15, -0.1) is 0 Å². The minimum absolute atomic E-state index is 0.659. The third-order valence-corrected chi connectivity index (χ3v) is 5.19. The van der Waals surface area contributed by atoms with E-state index in [2.05, 4.69) is 22.1 Å². The van der Waals surface area contributed by atoms with Crippen molar-refractivity contribution in [1.82, 2.24) is 15.0 Å². The average Bonchev–Trinajstić information content (AvgIpc) is 2.91. The van der Waals surface area contributed by atoms with E-state index in [0.29, 0.717) is 5.56 Å². The molecule has 0 amide bonds. The summed E-state index contributed by atoms with van der Waals surface area (Å²) in [6.07, 6.45) is 9.05. The first kappa shape index (κ1) is 17.4. The highest BCUT2D eigenvalue weighted by atomic mass is 14.7. The number of fused-ring (bicyclic) bond motifs is 1.